The molecule has 2 aromatic heterocycles. The second kappa shape index (κ2) is 8.74. The minimum absolute atomic E-state index is 0.111. The van der Waals surface area contributed by atoms with Crippen LogP contribution in [0, 0.1) is 0 Å². The molecule has 0 aliphatic heterocycles. The second-order valence-electron chi connectivity index (χ2n) is 7.02. The summed E-state index contributed by atoms with van der Waals surface area (Å²) in [6.45, 7) is 0. The number of carbonyl (C=O) groups excluding carboxylic acids is 1. The van der Waals surface area contributed by atoms with E-state index in [0.717, 1.165) is 0 Å². The molecule has 2 aromatic carbocycles. The molecular weight excluding hydrogens is 475 g/mol. The number of benzene rings is 2. The maximum atomic E-state index is 12.9. The van der Waals surface area contributed by atoms with Gasteiger partial charge in [0.15, 0.2) is 0 Å². The number of methoxy groups -OCH3 is 1. The molecule has 2 heterocycles. The monoisotopic (exact) mass is 491 g/mol. The number of halogens is 3. The molecule has 0 aliphatic rings. The Morgan fingerprint density at radius 1 is 1.12 bits per heavy atom. The molecule has 0 spiro atoms. The smallest absolute Gasteiger partial charge is 0.471 e. The lowest BCUT2D eigenvalue weighted by molar-refractivity contribution is -0.159. The zero-order valence-corrected chi connectivity index (χ0v) is 18.5. The number of alkyl halides is 3. The minimum atomic E-state index is -4.73. The first-order valence-electron chi connectivity index (χ1n) is 9.54. The number of amides is 1. The second-order valence-corrected chi connectivity index (χ2v) is 9.27. The van der Waals surface area contributed by atoms with Gasteiger partial charge in [-0.2, -0.15) is 27.6 Å². The maximum absolute atomic E-state index is 12.9. The van der Waals surface area contributed by atoms with E-state index < -0.39 is 27.7 Å². The summed E-state index contributed by atoms with van der Waals surface area (Å²) in [5.74, 6) is -1.78. The van der Waals surface area contributed by atoms with Crippen molar-refractivity contribution in [2.45, 2.75) is 11.1 Å². The van der Waals surface area contributed by atoms with Crippen molar-refractivity contribution in [3.8, 4) is 22.8 Å². The van der Waals surface area contributed by atoms with Gasteiger partial charge in [0.1, 0.15) is 5.75 Å². The van der Waals surface area contributed by atoms with E-state index in [9.17, 15) is 22.2 Å². The number of carbonyl (C=O) groups is 1. The standard InChI is InChI=1S/C21H16F3N5O4S/c1-32-16-7-9-17(10-8-16)34(2,31)28-19(30)14-11-25-29(12-14)15-5-3-13(4-6-15)18-26-20(33-27-18)21(22,23)24/h3-12H,1-2H3. The molecule has 0 N–H and O–H groups in total. The SMILES string of the molecule is COc1ccc(S(C)(=O)=NC(=O)c2cnn(-c3ccc(-c4noc(C(F)(F)F)n4)cc3)c2)cc1. The molecule has 1 atom stereocenters. The van der Waals surface area contributed by atoms with Crippen molar-refractivity contribution in [3.05, 3.63) is 72.4 Å². The molecule has 0 saturated heterocycles. The fourth-order valence-corrected chi connectivity index (χ4v) is 4.05. The van der Waals surface area contributed by atoms with Crippen LogP contribution in [0.5, 0.6) is 5.75 Å². The summed E-state index contributed by atoms with van der Waals surface area (Å²) >= 11 is 0. The number of hydrogen-bond acceptors (Lipinski definition) is 7. The fraction of sp³-hybridized carbons (Fsp3) is 0.143. The van der Waals surface area contributed by atoms with Crippen LogP contribution in [0.15, 0.2) is 74.7 Å². The normalized spacial score (nSPS) is 13.3. The molecule has 34 heavy (non-hydrogen) atoms. The largest absolute Gasteiger partial charge is 0.497 e. The number of nitrogens with zero attached hydrogens (tertiary/aromatic N) is 5. The predicted molar refractivity (Wildman–Crippen MR) is 114 cm³/mol. The summed E-state index contributed by atoms with van der Waals surface area (Å²) in [6.07, 6.45) is -0.694. The highest BCUT2D eigenvalue weighted by Gasteiger charge is 2.38. The lowest BCUT2D eigenvalue weighted by Crippen LogP contribution is -2.04. The Hall–Kier alpha value is -4.00. The topological polar surface area (TPSA) is 112 Å². The summed E-state index contributed by atoms with van der Waals surface area (Å²) in [5.41, 5.74) is 0.918. The van der Waals surface area contributed by atoms with Crippen molar-refractivity contribution in [3.63, 3.8) is 0 Å². The zero-order valence-electron chi connectivity index (χ0n) is 17.7. The minimum Gasteiger partial charge on any atom is -0.497 e. The van der Waals surface area contributed by atoms with Gasteiger partial charge in [-0.15, -0.1) is 0 Å². The van der Waals surface area contributed by atoms with Crippen LogP contribution in [0.1, 0.15) is 16.2 Å². The van der Waals surface area contributed by atoms with E-state index in [1.165, 1.54) is 42.6 Å². The van der Waals surface area contributed by atoms with E-state index in [2.05, 4.69) is 24.1 Å². The van der Waals surface area contributed by atoms with Crippen molar-refractivity contribution < 1.29 is 31.4 Å². The molecule has 0 saturated carbocycles. The van der Waals surface area contributed by atoms with Crippen LogP contribution in [0.4, 0.5) is 13.2 Å². The maximum Gasteiger partial charge on any atom is 0.471 e. The molecule has 0 bridgehead atoms. The van der Waals surface area contributed by atoms with E-state index in [-0.39, 0.29) is 11.4 Å². The van der Waals surface area contributed by atoms with Crippen molar-refractivity contribution in [2.75, 3.05) is 13.4 Å². The molecule has 13 heteroatoms. The quantitative estimate of drug-likeness (QED) is 0.410. The molecule has 176 valence electrons. The lowest BCUT2D eigenvalue weighted by Gasteiger charge is -2.05. The van der Waals surface area contributed by atoms with Crippen LogP contribution in [0.2, 0.25) is 0 Å². The third kappa shape index (κ3) is 4.83. The number of rotatable bonds is 5. The van der Waals surface area contributed by atoms with Crippen molar-refractivity contribution in [2.24, 2.45) is 4.36 Å². The van der Waals surface area contributed by atoms with Crippen LogP contribution in [0.25, 0.3) is 17.1 Å². The average Bonchev–Trinajstić information content (AvgIpc) is 3.49. The van der Waals surface area contributed by atoms with Gasteiger partial charge in [0.25, 0.3) is 5.91 Å². The van der Waals surface area contributed by atoms with E-state index in [0.29, 0.717) is 21.9 Å². The van der Waals surface area contributed by atoms with E-state index in [4.69, 9.17) is 4.74 Å². The first-order chi connectivity index (χ1) is 16.1. The Balaban J connectivity index is 1.53. The van der Waals surface area contributed by atoms with Gasteiger partial charge in [-0.25, -0.2) is 8.89 Å². The summed E-state index contributed by atoms with van der Waals surface area (Å²) in [5, 5.41) is 7.43. The zero-order chi connectivity index (χ0) is 24.5. The first kappa shape index (κ1) is 23.2. The first-order valence-corrected chi connectivity index (χ1v) is 11.5. The Bertz CT molecular complexity index is 1450. The van der Waals surface area contributed by atoms with Gasteiger partial charge in [0.2, 0.25) is 5.82 Å². The number of aromatic nitrogens is 4. The average molecular weight is 491 g/mol. The van der Waals surface area contributed by atoms with Gasteiger partial charge in [0, 0.05) is 22.9 Å². The van der Waals surface area contributed by atoms with Crippen LogP contribution in [0.3, 0.4) is 0 Å². The summed E-state index contributed by atoms with van der Waals surface area (Å²) in [4.78, 5) is 16.3. The lowest BCUT2D eigenvalue weighted by atomic mass is 10.2. The molecule has 1 unspecified atom stereocenters. The number of hydrogen-bond donors (Lipinski definition) is 0. The Morgan fingerprint density at radius 3 is 2.38 bits per heavy atom. The third-order valence-electron chi connectivity index (χ3n) is 4.64. The summed E-state index contributed by atoms with van der Waals surface area (Å²) in [7, 11) is -1.50. The van der Waals surface area contributed by atoms with Crippen LogP contribution in [-0.4, -0.2) is 43.4 Å². The molecule has 0 radical (unpaired) electrons. The Morgan fingerprint density at radius 2 is 1.79 bits per heavy atom. The molecule has 0 fully saturated rings. The van der Waals surface area contributed by atoms with Gasteiger partial charge in [-0.1, -0.05) is 5.16 Å². The van der Waals surface area contributed by atoms with Crippen molar-refractivity contribution in [1.29, 1.82) is 0 Å². The molecule has 4 rings (SSSR count). The molecule has 1 amide bonds. The van der Waals surface area contributed by atoms with Crippen LogP contribution < -0.4 is 4.74 Å². The van der Waals surface area contributed by atoms with Gasteiger partial charge in [0.05, 0.1) is 34.3 Å². The third-order valence-corrected chi connectivity index (χ3v) is 6.30. The van der Waals surface area contributed by atoms with Crippen molar-refractivity contribution in [1.82, 2.24) is 19.9 Å². The number of ether oxygens (including phenoxy) is 1. The van der Waals surface area contributed by atoms with Gasteiger partial charge >= 0.3 is 12.1 Å². The Kier molecular flexibility index (Phi) is 5.96. The summed E-state index contributed by atoms with van der Waals surface area (Å²) < 4.78 is 65.4. The fourth-order valence-electron chi connectivity index (χ4n) is 2.89. The van der Waals surface area contributed by atoms with Crippen LogP contribution in [-0.2, 0) is 15.9 Å². The highest BCUT2D eigenvalue weighted by molar-refractivity contribution is 7.93. The van der Waals surface area contributed by atoms with Crippen LogP contribution >= 0.6 is 0 Å². The summed E-state index contributed by atoms with van der Waals surface area (Å²) in [6, 6.07) is 12.5. The van der Waals surface area contributed by atoms with E-state index >= 15 is 0 Å². The van der Waals surface area contributed by atoms with Crippen molar-refractivity contribution >= 4 is 15.6 Å². The van der Waals surface area contributed by atoms with Gasteiger partial charge in [-0.3, -0.25) is 4.79 Å². The molecule has 4 aromatic rings. The van der Waals surface area contributed by atoms with Gasteiger partial charge in [-0.05, 0) is 48.5 Å². The molecule has 9 nitrogen and oxygen atoms in total. The predicted octanol–water partition coefficient (Wildman–Crippen LogP) is 4.25. The van der Waals surface area contributed by atoms with E-state index in [1.54, 1.807) is 36.4 Å². The van der Waals surface area contributed by atoms with E-state index in [1.807, 2.05) is 0 Å². The van der Waals surface area contributed by atoms with Gasteiger partial charge < -0.3 is 9.26 Å². The molecular formula is C21H16F3N5O4S. The highest BCUT2D eigenvalue weighted by Crippen LogP contribution is 2.29. The highest BCUT2D eigenvalue weighted by atomic mass is 32.2. The Labute approximate surface area is 191 Å². The molecule has 0 aliphatic carbocycles.